The zero-order valence-electron chi connectivity index (χ0n) is 15.3. The number of hydrogen-bond donors (Lipinski definition) is 0. The third-order valence-corrected chi connectivity index (χ3v) is 3.92. The summed E-state index contributed by atoms with van der Waals surface area (Å²) in [6.45, 7) is 1.64. The van der Waals surface area contributed by atoms with Gasteiger partial charge in [-0.1, -0.05) is 0 Å². The summed E-state index contributed by atoms with van der Waals surface area (Å²) in [5.74, 6) is 1.11. The van der Waals surface area contributed by atoms with E-state index in [0.717, 1.165) is 5.56 Å². The Morgan fingerprint density at radius 3 is 2.23 bits per heavy atom. The molecule has 2 aromatic carbocycles. The van der Waals surface area contributed by atoms with Crippen molar-refractivity contribution in [2.75, 3.05) is 27.9 Å². The lowest BCUT2D eigenvalue weighted by atomic mass is 10.0. The van der Waals surface area contributed by atoms with Crippen LogP contribution in [0.1, 0.15) is 33.2 Å². The topological polar surface area (TPSA) is 71.1 Å². The first-order valence-electron chi connectivity index (χ1n) is 8.07. The van der Waals surface area contributed by atoms with Crippen molar-refractivity contribution in [1.29, 1.82) is 0 Å². The summed E-state index contributed by atoms with van der Waals surface area (Å²) in [5, 5.41) is 0. The van der Waals surface area contributed by atoms with Crippen LogP contribution in [0.4, 0.5) is 0 Å². The Bertz CT molecular complexity index is 797. The summed E-state index contributed by atoms with van der Waals surface area (Å²) >= 11 is 0. The lowest BCUT2D eigenvalue weighted by molar-refractivity contribution is 0.0509. The monoisotopic (exact) mass is 358 g/mol. The Balaban J connectivity index is 2.06. The van der Waals surface area contributed by atoms with Gasteiger partial charge in [-0.3, -0.25) is 4.79 Å². The Hall–Kier alpha value is -3.02. The minimum Gasteiger partial charge on any atom is -0.497 e. The predicted molar refractivity (Wildman–Crippen MR) is 96.5 cm³/mol. The van der Waals surface area contributed by atoms with Crippen LogP contribution >= 0.6 is 0 Å². The molecule has 0 spiro atoms. The van der Waals surface area contributed by atoms with E-state index in [4.69, 9.17) is 18.9 Å². The molecule has 0 heterocycles. The van der Waals surface area contributed by atoms with Gasteiger partial charge in [-0.15, -0.1) is 0 Å². The van der Waals surface area contributed by atoms with Crippen LogP contribution in [0.15, 0.2) is 36.4 Å². The minimum absolute atomic E-state index is 0.0473. The fourth-order valence-corrected chi connectivity index (χ4v) is 2.55. The van der Waals surface area contributed by atoms with Gasteiger partial charge in [0.1, 0.15) is 5.75 Å². The molecule has 0 fully saturated rings. The summed E-state index contributed by atoms with van der Waals surface area (Å²) in [6, 6.07) is 10.0. The van der Waals surface area contributed by atoms with Crippen molar-refractivity contribution in [3.8, 4) is 17.2 Å². The normalized spacial score (nSPS) is 10.2. The molecule has 0 saturated carbocycles. The first-order valence-corrected chi connectivity index (χ1v) is 8.07. The third kappa shape index (κ3) is 4.53. The molecular formula is C20H22O6. The molecule has 0 radical (unpaired) electrons. The average molecular weight is 358 g/mol. The number of ketones is 1. The highest BCUT2D eigenvalue weighted by atomic mass is 16.5. The number of methoxy groups -OCH3 is 3. The van der Waals surface area contributed by atoms with Gasteiger partial charge in [-0.2, -0.15) is 0 Å². The molecule has 0 N–H and O–H groups in total. The van der Waals surface area contributed by atoms with E-state index in [1.807, 2.05) is 0 Å². The predicted octanol–water partition coefficient (Wildman–Crippen LogP) is 3.31. The summed E-state index contributed by atoms with van der Waals surface area (Å²) in [4.78, 5) is 24.0. The number of Topliss-reactive ketones (excluding diaryl/α,β-unsaturated/α-hetero) is 1. The average Bonchev–Trinajstić information content (AvgIpc) is 2.66. The smallest absolute Gasteiger partial charge is 0.338 e. The van der Waals surface area contributed by atoms with Gasteiger partial charge in [0.05, 0.1) is 33.5 Å². The maximum Gasteiger partial charge on any atom is 0.338 e. The second-order valence-corrected chi connectivity index (χ2v) is 5.53. The van der Waals surface area contributed by atoms with Crippen molar-refractivity contribution >= 4 is 11.8 Å². The van der Waals surface area contributed by atoms with Gasteiger partial charge in [0.25, 0.3) is 0 Å². The van der Waals surface area contributed by atoms with Gasteiger partial charge in [-0.05, 0) is 48.9 Å². The molecule has 6 nitrogen and oxygen atoms in total. The second kappa shape index (κ2) is 8.89. The molecule has 0 aromatic heterocycles. The van der Waals surface area contributed by atoms with Crippen LogP contribution in [-0.2, 0) is 11.2 Å². The lowest BCUT2D eigenvalue weighted by Crippen LogP contribution is -2.10. The first kappa shape index (κ1) is 19.3. The van der Waals surface area contributed by atoms with Gasteiger partial charge in [0.15, 0.2) is 17.3 Å². The third-order valence-electron chi connectivity index (χ3n) is 3.92. The second-order valence-electron chi connectivity index (χ2n) is 5.53. The van der Waals surface area contributed by atoms with Crippen LogP contribution in [0, 0.1) is 0 Å². The molecular weight excluding hydrogens is 336 g/mol. The fraction of sp³-hybridized carbons (Fsp3) is 0.300. The van der Waals surface area contributed by atoms with Crippen molar-refractivity contribution in [3.05, 3.63) is 53.1 Å². The zero-order chi connectivity index (χ0) is 19.1. The number of rotatable bonds is 8. The van der Waals surface area contributed by atoms with Gasteiger partial charge >= 0.3 is 5.97 Å². The Kier molecular flexibility index (Phi) is 6.60. The molecule has 0 aliphatic heterocycles. The van der Waals surface area contributed by atoms with Crippen LogP contribution in [0.3, 0.4) is 0 Å². The van der Waals surface area contributed by atoms with Gasteiger partial charge in [0, 0.05) is 12.0 Å². The molecule has 26 heavy (non-hydrogen) atoms. The van der Waals surface area contributed by atoms with Crippen molar-refractivity contribution in [2.45, 2.75) is 13.3 Å². The van der Waals surface area contributed by atoms with Crippen LogP contribution in [0.5, 0.6) is 17.2 Å². The van der Waals surface area contributed by atoms with Crippen molar-refractivity contribution in [3.63, 3.8) is 0 Å². The van der Waals surface area contributed by atoms with E-state index in [9.17, 15) is 9.59 Å². The Morgan fingerprint density at radius 2 is 1.62 bits per heavy atom. The summed E-state index contributed by atoms with van der Waals surface area (Å²) in [5.41, 5.74) is 1.73. The SMILES string of the molecule is COc1ccc(C(C)=O)c(CCOC(=O)c2ccc(OC)c(OC)c2)c1. The lowest BCUT2D eigenvalue weighted by Gasteiger charge is -2.11. The maximum absolute atomic E-state index is 12.2. The van der Waals surface area contributed by atoms with E-state index < -0.39 is 5.97 Å². The van der Waals surface area contributed by atoms with E-state index in [1.165, 1.54) is 21.1 Å². The molecule has 0 saturated heterocycles. The molecule has 0 aliphatic rings. The van der Waals surface area contributed by atoms with E-state index >= 15 is 0 Å². The molecule has 2 aromatic rings. The number of carbonyl (C=O) groups is 2. The minimum atomic E-state index is -0.474. The highest BCUT2D eigenvalue weighted by Gasteiger charge is 2.13. The summed E-state index contributed by atoms with van der Waals surface area (Å²) in [6.07, 6.45) is 0.408. The number of ether oxygens (including phenoxy) is 4. The van der Waals surface area contributed by atoms with E-state index in [0.29, 0.717) is 34.8 Å². The number of hydrogen-bond acceptors (Lipinski definition) is 6. The first-order chi connectivity index (χ1) is 12.5. The molecule has 0 atom stereocenters. The van der Waals surface area contributed by atoms with E-state index in [2.05, 4.69) is 0 Å². The number of benzene rings is 2. The van der Waals surface area contributed by atoms with E-state index in [1.54, 1.807) is 43.5 Å². The number of esters is 1. The molecule has 138 valence electrons. The molecule has 0 amide bonds. The molecule has 6 heteroatoms. The van der Waals surface area contributed by atoms with Gasteiger partial charge < -0.3 is 18.9 Å². The molecule has 0 aliphatic carbocycles. The highest BCUT2D eigenvalue weighted by molar-refractivity contribution is 5.95. The van der Waals surface area contributed by atoms with Crippen molar-refractivity contribution < 1.29 is 28.5 Å². The summed E-state index contributed by atoms with van der Waals surface area (Å²) in [7, 11) is 4.58. The van der Waals surface area contributed by atoms with Crippen molar-refractivity contribution in [1.82, 2.24) is 0 Å². The van der Waals surface area contributed by atoms with Crippen LogP contribution in [0.25, 0.3) is 0 Å². The van der Waals surface area contributed by atoms with Crippen LogP contribution < -0.4 is 14.2 Å². The molecule has 0 unspecified atom stereocenters. The quantitative estimate of drug-likeness (QED) is 0.533. The highest BCUT2D eigenvalue weighted by Crippen LogP contribution is 2.28. The van der Waals surface area contributed by atoms with Gasteiger partial charge in [-0.25, -0.2) is 4.79 Å². The molecule has 0 bridgehead atoms. The maximum atomic E-state index is 12.2. The van der Waals surface area contributed by atoms with Crippen LogP contribution in [0.2, 0.25) is 0 Å². The zero-order valence-corrected chi connectivity index (χ0v) is 15.3. The standard InChI is InChI=1S/C20H22O6/c1-13(21)17-7-6-16(23-2)11-14(17)9-10-26-20(22)15-5-8-18(24-3)19(12-15)25-4/h5-8,11-12H,9-10H2,1-4H3. The largest absolute Gasteiger partial charge is 0.497 e. The fourth-order valence-electron chi connectivity index (χ4n) is 2.55. The Morgan fingerprint density at radius 1 is 0.885 bits per heavy atom. The van der Waals surface area contributed by atoms with Crippen molar-refractivity contribution in [2.24, 2.45) is 0 Å². The summed E-state index contributed by atoms with van der Waals surface area (Å²) < 4.78 is 20.8. The Labute approximate surface area is 152 Å². The number of carbonyl (C=O) groups excluding carboxylic acids is 2. The molecule has 2 rings (SSSR count). The van der Waals surface area contributed by atoms with Crippen LogP contribution in [-0.4, -0.2) is 39.7 Å². The van der Waals surface area contributed by atoms with Gasteiger partial charge in [0.2, 0.25) is 0 Å². The van der Waals surface area contributed by atoms with E-state index in [-0.39, 0.29) is 12.4 Å².